The lowest BCUT2D eigenvalue weighted by molar-refractivity contribution is 0.253. The molecule has 1 N–H and O–H groups in total. The van der Waals surface area contributed by atoms with E-state index in [1.54, 1.807) is 11.0 Å². The summed E-state index contributed by atoms with van der Waals surface area (Å²) < 4.78 is 1.79. The third-order valence-electron chi connectivity index (χ3n) is 4.53. The van der Waals surface area contributed by atoms with E-state index in [0.717, 1.165) is 22.8 Å². The van der Waals surface area contributed by atoms with Crippen molar-refractivity contribution in [1.29, 1.82) is 0 Å². The van der Waals surface area contributed by atoms with E-state index < -0.39 is 0 Å². The molecule has 2 unspecified atom stereocenters. The Morgan fingerprint density at radius 1 is 1.25 bits per heavy atom. The molecule has 0 aliphatic heterocycles. The number of hydrogen-bond acceptors (Lipinski definition) is 4. The lowest BCUT2D eigenvalue weighted by Crippen LogP contribution is -2.35. The van der Waals surface area contributed by atoms with Crippen molar-refractivity contribution >= 4 is 16.9 Å². The molecule has 2 atom stereocenters. The molecule has 0 spiro atoms. The first-order valence-corrected chi connectivity index (χ1v) is 7.56. The minimum absolute atomic E-state index is 0.516. The van der Waals surface area contributed by atoms with Gasteiger partial charge in [-0.3, -0.25) is 4.68 Å². The van der Waals surface area contributed by atoms with E-state index in [1.165, 1.54) is 25.7 Å². The summed E-state index contributed by atoms with van der Waals surface area (Å²) in [7, 11) is 1.91. The SMILES string of the molecule is CC(C)C1CCCCC1Nc1ncnc2c1cnn2C. The molecule has 5 nitrogen and oxygen atoms in total. The lowest BCUT2D eigenvalue weighted by Gasteiger charge is -2.35. The number of fused-ring (bicyclic) bond motifs is 1. The molecule has 0 aromatic carbocycles. The normalized spacial score (nSPS) is 23.4. The van der Waals surface area contributed by atoms with Crippen LogP contribution in [0, 0.1) is 11.8 Å². The van der Waals surface area contributed by atoms with E-state index in [9.17, 15) is 0 Å². The van der Waals surface area contributed by atoms with Gasteiger partial charge >= 0.3 is 0 Å². The van der Waals surface area contributed by atoms with Crippen molar-refractivity contribution in [1.82, 2.24) is 19.7 Å². The van der Waals surface area contributed by atoms with Crippen molar-refractivity contribution in [3.05, 3.63) is 12.5 Å². The Morgan fingerprint density at radius 2 is 2.05 bits per heavy atom. The summed E-state index contributed by atoms with van der Waals surface area (Å²) in [5.74, 6) is 2.37. The molecule has 0 radical (unpaired) electrons. The van der Waals surface area contributed by atoms with Crippen LogP contribution in [0.2, 0.25) is 0 Å². The van der Waals surface area contributed by atoms with Crippen LogP contribution in [0.15, 0.2) is 12.5 Å². The maximum Gasteiger partial charge on any atom is 0.163 e. The van der Waals surface area contributed by atoms with Gasteiger partial charge in [0.15, 0.2) is 5.65 Å². The Morgan fingerprint density at radius 3 is 2.85 bits per heavy atom. The van der Waals surface area contributed by atoms with E-state index in [-0.39, 0.29) is 0 Å². The van der Waals surface area contributed by atoms with Gasteiger partial charge in [0.2, 0.25) is 0 Å². The van der Waals surface area contributed by atoms with Crippen LogP contribution in [-0.4, -0.2) is 25.8 Å². The van der Waals surface area contributed by atoms with Crippen LogP contribution in [-0.2, 0) is 7.05 Å². The number of aromatic nitrogens is 4. The molecule has 2 heterocycles. The van der Waals surface area contributed by atoms with E-state index in [4.69, 9.17) is 0 Å². The van der Waals surface area contributed by atoms with Gasteiger partial charge in [0.25, 0.3) is 0 Å². The van der Waals surface area contributed by atoms with E-state index in [1.807, 2.05) is 13.2 Å². The molecule has 0 amide bonds. The molecule has 2 aromatic heterocycles. The topological polar surface area (TPSA) is 55.6 Å². The zero-order chi connectivity index (χ0) is 14.1. The highest BCUT2D eigenvalue weighted by Crippen LogP contribution is 2.33. The molecule has 1 aliphatic carbocycles. The zero-order valence-electron chi connectivity index (χ0n) is 12.5. The van der Waals surface area contributed by atoms with Crippen LogP contribution in [0.3, 0.4) is 0 Å². The molecular weight excluding hydrogens is 250 g/mol. The van der Waals surface area contributed by atoms with Gasteiger partial charge in [0.05, 0.1) is 11.6 Å². The van der Waals surface area contributed by atoms with Gasteiger partial charge in [-0.15, -0.1) is 0 Å². The fraction of sp³-hybridized carbons (Fsp3) is 0.667. The standard InChI is InChI=1S/C15H23N5/c1-10(2)11-6-4-5-7-13(11)19-14-12-8-18-20(3)15(12)17-9-16-14/h8-11,13H,4-7H2,1-3H3,(H,16,17,19). The molecule has 3 rings (SSSR count). The molecule has 2 aromatic rings. The summed E-state index contributed by atoms with van der Waals surface area (Å²) in [5.41, 5.74) is 0.888. The summed E-state index contributed by atoms with van der Waals surface area (Å²) in [6.07, 6.45) is 8.69. The van der Waals surface area contributed by atoms with Gasteiger partial charge < -0.3 is 5.32 Å². The van der Waals surface area contributed by atoms with Gasteiger partial charge in [-0.2, -0.15) is 5.10 Å². The average molecular weight is 273 g/mol. The first kappa shape index (κ1) is 13.3. The molecule has 1 saturated carbocycles. The highest BCUT2D eigenvalue weighted by Gasteiger charge is 2.28. The largest absolute Gasteiger partial charge is 0.366 e. The maximum absolute atomic E-state index is 4.43. The smallest absolute Gasteiger partial charge is 0.163 e. The van der Waals surface area contributed by atoms with Gasteiger partial charge in [0.1, 0.15) is 12.1 Å². The van der Waals surface area contributed by atoms with Gasteiger partial charge in [0, 0.05) is 13.1 Å². The van der Waals surface area contributed by atoms with Crippen molar-refractivity contribution < 1.29 is 0 Å². The monoisotopic (exact) mass is 273 g/mol. The van der Waals surface area contributed by atoms with Gasteiger partial charge in [-0.25, -0.2) is 9.97 Å². The second-order valence-electron chi connectivity index (χ2n) is 6.17. The molecule has 1 fully saturated rings. The number of aryl methyl sites for hydroxylation is 1. The van der Waals surface area contributed by atoms with E-state index in [0.29, 0.717) is 12.0 Å². The Kier molecular flexibility index (Phi) is 3.59. The van der Waals surface area contributed by atoms with Crippen molar-refractivity contribution in [2.45, 2.75) is 45.6 Å². The quantitative estimate of drug-likeness (QED) is 0.934. The van der Waals surface area contributed by atoms with Crippen LogP contribution < -0.4 is 5.32 Å². The van der Waals surface area contributed by atoms with Crippen LogP contribution in [0.1, 0.15) is 39.5 Å². The summed E-state index contributed by atoms with van der Waals surface area (Å²) in [6, 6.07) is 0.516. The minimum Gasteiger partial charge on any atom is -0.366 e. The van der Waals surface area contributed by atoms with Crippen LogP contribution >= 0.6 is 0 Å². The third kappa shape index (κ3) is 2.37. The Bertz CT molecular complexity index is 589. The predicted octanol–water partition coefficient (Wildman–Crippen LogP) is 2.99. The Hall–Kier alpha value is -1.65. The molecule has 5 heteroatoms. The Balaban J connectivity index is 1.88. The number of anilines is 1. The average Bonchev–Trinajstić information content (AvgIpc) is 2.82. The van der Waals surface area contributed by atoms with Crippen molar-refractivity contribution in [3.8, 4) is 0 Å². The Labute approximate surface area is 119 Å². The number of nitrogens with one attached hydrogen (secondary N) is 1. The van der Waals surface area contributed by atoms with Crippen molar-refractivity contribution in [2.24, 2.45) is 18.9 Å². The summed E-state index contributed by atoms with van der Waals surface area (Å²) in [5, 5.41) is 8.96. The molecular formula is C15H23N5. The summed E-state index contributed by atoms with van der Waals surface area (Å²) >= 11 is 0. The first-order chi connectivity index (χ1) is 9.66. The maximum atomic E-state index is 4.43. The van der Waals surface area contributed by atoms with Crippen molar-refractivity contribution in [3.63, 3.8) is 0 Å². The molecule has 20 heavy (non-hydrogen) atoms. The second-order valence-corrected chi connectivity index (χ2v) is 6.17. The molecule has 1 aliphatic rings. The molecule has 108 valence electrons. The predicted molar refractivity (Wildman–Crippen MR) is 80.5 cm³/mol. The van der Waals surface area contributed by atoms with E-state index >= 15 is 0 Å². The number of rotatable bonds is 3. The highest BCUT2D eigenvalue weighted by atomic mass is 15.3. The minimum atomic E-state index is 0.516. The third-order valence-corrected chi connectivity index (χ3v) is 4.53. The lowest BCUT2D eigenvalue weighted by atomic mass is 9.78. The highest BCUT2D eigenvalue weighted by molar-refractivity contribution is 5.86. The van der Waals surface area contributed by atoms with Crippen molar-refractivity contribution in [2.75, 3.05) is 5.32 Å². The van der Waals surface area contributed by atoms with Crippen LogP contribution in [0.25, 0.3) is 11.0 Å². The second kappa shape index (κ2) is 5.38. The fourth-order valence-electron chi connectivity index (χ4n) is 3.39. The molecule has 0 bridgehead atoms. The van der Waals surface area contributed by atoms with Crippen LogP contribution in [0.5, 0.6) is 0 Å². The number of nitrogens with zero attached hydrogens (tertiary/aromatic N) is 4. The zero-order valence-corrected chi connectivity index (χ0v) is 12.5. The van der Waals surface area contributed by atoms with Gasteiger partial charge in [-0.1, -0.05) is 26.7 Å². The number of hydrogen-bond donors (Lipinski definition) is 1. The summed E-state index contributed by atoms with van der Waals surface area (Å²) in [6.45, 7) is 4.65. The van der Waals surface area contributed by atoms with Crippen LogP contribution in [0.4, 0.5) is 5.82 Å². The van der Waals surface area contributed by atoms with E-state index in [2.05, 4.69) is 34.2 Å². The summed E-state index contributed by atoms with van der Waals surface area (Å²) in [4.78, 5) is 8.73. The first-order valence-electron chi connectivity index (χ1n) is 7.56. The molecule has 0 saturated heterocycles. The van der Waals surface area contributed by atoms with Gasteiger partial charge in [-0.05, 0) is 24.7 Å². The fourth-order valence-corrected chi connectivity index (χ4v) is 3.39.